The molecule has 1 heterocycles. The van der Waals surface area contributed by atoms with Crippen LogP contribution < -0.4 is 4.90 Å². The molecule has 1 aliphatic rings. The van der Waals surface area contributed by atoms with E-state index in [1.165, 1.54) is 16.8 Å². The molecule has 0 saturated carbocycles. The summed E-state index contributed by atoms with van der Waals surface area (Å²) >= 11 is 0. The van der Waals surface area contributed by atoms with Crippen molar-refractivity contribution in [3.63, 3.8) is 0 Å². The number of carbonyl (C=O) groups is 1. The van der Waals surface area contributed by atoms with E-state index in [1.54, 1.807) is 0 Å². The minimum atomic E-state index is -0.0254. The van der Waals surface area contributed by atoms with E-state index in [0.29, 0.717) is 0 Å². The van der Waals surface area contributed by atoms with Crippen molar-refractivity contribution < 1.29 is 4.79 Å². The second-order valence-electron chi connectivity index (χ2n) is 4.65. The zero-order chi connectivity index (χ0) is 12.4. The molecule has 0 bridgehead atoms. The van der Waals surface area contributed by atoms with Crippen LogP contribution in [0.5, 0.6) is 0 Å². The van der Waals surface area contributed by atoms with Gasteiger partial charge in [-0.2, -0.15) is 0 Å². The maximum absolute atomic E-state index is 11.2. The summed E-state index contributed by atoms with van der Waals surface area (Å²) in [4.78, 5) is 13.4. The van der Waals surface area contributed by atoms with Gasteiger partial charge in [0, 0.05) is 18.7 Å². The van der Waals surface area contributed by atoms with Crippen molar-refractivity contribution in [2.75, 3.05) is 4.90 Å². The van der Waals surface area contributed by atoms with Crippen molar-refractivity contribution in [2.24, 2.45) is 0 Å². The van der Waals surface area contributed by atoms with Crippen LogP contribution in [0.4, 0.5) is 5.69 Å². The molecule has 0 aliphatic carbocycles. The Morgan fingerprint density at radius 1 is 1.06 bits per heavy atom. The highest BCUT2D eigenvalue weighted by atomic mass is 16.1. The van der Waals surface area contributed by atoms with E-state index in [4.69, 9.17) is 0 Å². The number of nitrogens with zero attached hydrogens (tertiary/aromatic N) is 1. The molecular formula is C16H15NO. The van der Waals surface area contributed by atoms with E-state index in [0.717, 1.165) is 19.3 Å². The van der Waals surface area contributed by atoms with Gasteiger partial charge in [-0.25, -0.2) is 0 Å². The van der Waals surface area contributed by atoms with Crippen molar-refractivity contribution in [3.8, 4) is 0 Å². The second-order valence-corrected chi connectivity index (χ2v) is 4.65. The van der Waals surface area contributed by atoms with Crippen LogP contribution in [0.15, 0.2) is 54.6 Å². The van der Waals surface area contributed by atoms with Crippen molar-refractivity contribution in [1.82, 2.24) is 0 Å². The summed E-state index contributed by atoms with van der Waals surface area (Å²) in [5.74, 6) is 0. The fourth-order valence-corrected chi connectivity index (χ4v) is 2.58. The first kappa shape index (κ1) is 11.0. The van der Waals surface area contributed by atoms with Gasteiger partial charge in [0.15, 0.2) is 0 Å². The van der Waals surface area contributed by atoms with Crippen LogP contribution in [0.1, 0.15) is 11.1 Å². The minimum Gasteiger partial charge on any atom is -0.357 e. The number of anilines is 1. The highest BCUT2D eigenvalue weighted by molar-refractivity contribution is 5.73. The normalized spacial score (nSPS) is 17.6. The highest BCUT2D eigenvalue weighted by Crippen LogP contribution is 2.32. The van der Waals surface area contributed by atoms with Gasteiger partial charge in [0.2, 0.25) is 0 Å². The lowest BCUT2D eigenvalue weighted by Gasteiger charge is -2.24. The number of hydrogen-bond donors (Lipinski definition) is 0. The third kappa shape index (κ3) is 1.90. The predicted molar refractivity (Wildman–Crippen MR) is 72.6 cm³/mol. The van der Waals surface area contributed by atoms with Gasteiger partial charge < -0.3 is 9.69 Å². The Bertz CT molecular complexity index is 550. The standard InChI is InChI=1S/C16H15NO/c18-12-15-10-14-8-4-5-9-16(14)17(15)11-13-6-2-1-3-7-13/h1-9,12,15H,10-11H2. The van der Waals surface area contributed by atoms with Gasteiger partial charge in [-0.1, -0.05) is 48.5 Å². The van der Waals surface area contributed by atoms with E-state index in [-0.39, 0.29) is 6.04 Å². The smallest absolute Gasteiger partial charge is 0.142 e. The molecule has 1 atom stereocenters. The van der Waals surface area contributed by atoms with Crippen LogP contribution >= 0.6 is 0 Å². The summed E-state index contributed by atoms with van der Waals surface area (Å²) in [5, 5.41) is 0. The molecule has 0 saturated heterocycles. The number of hydrogen-bond acceptors (Lipinski definition) is 2. The monoisotopic (exact) mass is 237 g/mol. The van der Waals surface area contributed by atoms with Crippen LogP contribution in [0.25, 0.3) is 0 Å². The molecular weight excluding hydrogens is 222 g/mol. The first-order valence-corrected chi connectivity index (χ1v) is 6.22. The van der Waals surface area contributed by atoms with E-state index in [9.17, 15) is 4.79 Å². The molecule has 3 rings (SSSR count). The topological polar surface area (TPSA) is 20.3 Å². The molecule has 0 radical (unpaired) electrons. The molecule has 0 aromatic heterocycles. The molecule has 2 aromatic carbocycles. The van der Waals surface area contributed by atoms with Crippen LogP contribution in [-0.4, -0.2) is 12.3 Å². The average Bonchev–Trinajstić information content (AvgIpc) is 2.78. The SMILES string of the molecule is O=CC1Cc2ccccc2N1Cc1ccccc1. The molecule has 0 spiro atoms. The van der Waals surface area contributed by atoms with E-state index in [1.807, 2.05) is 30.3 Å². The van der Waals surface area contributed by atoms with Crippen LogP contribution in [-0.2, 0) is 17.8 Å². The molecule has 2 nitrogen and oxygen atoms in total. The van der Waals surface area contributed by atoms with Gasteiger partial charge >= 0.3 is 0 Å². The lowest BCUT2D eigenvalue weighted by molar-refractivity contribution is -0.108. The number of aldehydes is 1. The van der Waals surface area contributed by atoms with Gasteiger partial charge in [-0.05, 0) is 17.2 Å². The first-order valence-electron chi connectivity index (χ1n) is 6.22. The van der Waals surface area contributed by atoms with E-state index < -0.39 is 0 Å². The largest absolute Gasteiger partial charge is 0.357 e. The lowest BCUT2D eigenvalue weighted by Crippen LogP contribution is -2.32. The third-order valence-corrected chi connectivity index (χ3v) is 3.48. The summed E-state index contributed by atoms with van der Waals surface area (Å²) in [6.45, 7) is 0.793. The fraction of sp³-hybridized carbons (Fsp3) is 0.188. The Hall–Kier alpha value is -2.09. The fourth-order valence-electron chi connectivity index (χ4n) is 2.58. The van der Waals surface area contributed by atoms with Crippen LogP contribution in [0.3, 0.4) is 0 Å². The molecule has 18 heavy (non-hydrogen) atoms. The second kappa shape index (κ2) is 4.65. The predicted octanol–water partition coefficient (Wildman–Crippen LogP) is 2.82. The Morgan fingerprint density at radius 3 is 2.56 bits per heavy atom. The number of para-hydroxylation sites is 1. The number of fused-ring (bicyclic) bond motifs is 1. The van der Waals surface area contributed by atoms with E-state index >= 15 is 0 Å². The molecule has 2 heteroatoms. The van der Waals surface area contributed by atoms with Crippen molar-refractivity contribution in [3.05, 3.63) is 65.7 Å². The summed E-state index contributed by atoms with van der Waals surface area (Å²) in [7, 11) is 0. The number of rotatable bonds is 3. The van der Waals surface area contributed by atoms with Gasteiger partial charge in [0.25, 0.3) is 0 Å². The van der Waals surface area contributed by atoms with Crippen molar-refractivity contribution >= 4 is 12.0 Å². The van der Waals surface area contributed by atoms with E-state index in [2.05, 4.69) is 29.2 Å². The van der Waals surface area contributed by atoms with Crippen LogP contribution in [0, 0.1) is 0 Å². The number of benzene rings is 2. The molecule has 1 unspecified atom stereocenters. The summed E-state index contributed by atoms with van der Waals surface area (Å²) in [6, 6.07) is 18.5. The quantitative estimate of drug-likeness (QED) is 0.765. The van der Waals surface area contributed by atoms with Gasteiger partial charge in [-0.3, -0.25) is 0 Å². The zero-order valence-electron chi connectivity index (χ0n) is 10.1. The van der Waals surface area contributed by atoms with Crippen molar-refractivity contribution in [1.29, 1.82) is 0 Å². The summed E-state index contributed by atoms with van der Waals surface area (Å²) < 4.78 is 0. The van der Waals surface area contributed by atoms with Gasteiger partial charge in [0.1, 0.15) is 6.29 Å². The Balaban J connectivity index is 1.92. The zero-order valence-corrected chi connectivity index (χ0v) is 10.1. The molecule has 90 valence electrons. The van der Waals surface area contributed by atoms with Crippen LogP contribution in [0.2, 0.25) is 0 Å². The summed E-state index contributed by atoms with van der Waals surface area (Å²) in [5.41, 5.74) is 3.70. The Kier molecular flexibility index (Phi) is 2.85. The Morgan fingerprint density at radius 2 is 1.78 bits per heavy atom. The molecule has 2 aromatic rings. The minimum absolute atomic E-state index is 0.0254. The molecule has 0 fully saturated rings. The van der Waals surface area contributed by atoms with Gasteiger partial charge in [-0.15, -0.1) is 0 Å². The third-order valence-electron chi connectivity index (χ3n) is 3.48. The molecule has 0 N–H and O–H groups in total. The summed E-state index contributed by atoms with van der Waals surface area (Å²) in [6.07, 6.45) is 1.88. The average molecular weight is 237 g/mol. The highest BCUT2D eigenvalue weighted by Gasteiger charge is 2.28. The first-order chi connectivity index (χ1) is 8.88. The Labute approximate surface area is 107 Å². The molecule has 1 aliphatic heterocycles. The number of carbonyl (C=O) groups excluding carboxylic acids is 1. The maximum Gasteiger partial charge on any atom is 0.142 e. The lowest BCUT2D eigenvalue weighted by atomic mass is 10.1. The van der Waals surface area contributed by atoms with Crippen molar-refractivity contribution in [2.45, 2.75) is 19.0 Å². The molecule has 0 amide bonds. The van der Waals surface area contributed by atoms with Gasteiger partial charge in [0.05, 0.1) is 6.04 Å². The maximum atomic E-state index is 11.2.